The lowest BCUT2D eigenvalue weighted by Gasteiger charge is -2.03. The van der Waals surface area contributed by atoms with E-state index in [0.29, 0.717) is 6.42 Å². The highest BCUT2D eigenvalue weighted by atomic mass is 14.3. The molecule has 0 fully saturated rings. The van der Waals surface area contributed by atoms with E-state index in [0.717, 1.165) is 5.56 Å². The van der Waals surface area contributed by atoms with Crippen molar-refractivity contribution >= 4 is 0 Å². The Morgan fingerprint density at radius 1 is 1.55 bits per heavy atom. The molecule has 0 N–H and O–H groups in total. The van der Waals surface area contributed by atoms with Crippen LogP contribution in [0.1, 0.15) is 26.2 Å². The van der Waals surface area contributed by atoms with E-state index >= 15 is 0 Å². The SMILES string of the molecule is [2H][C@](C#N)(CC)c1ccccc1. The second kappa shape index (κ2) is 3.78. The van der Waals surface area contributed by atoms with E-state index in [1.54, 1.807) is 0 Å². The second-order valence-electron chi connectivity index (χ2n) is 2.31. The summed E-state index contributed by atoms with van der Waals surface area (Å²) >= 11 is 0. The Morgan fingerprint density at radius 3 is 2.64 bits per heavy atom. The quantitative estimate of drug-likeness (QED) is 0.629. The van der Waals surface area contributed by atoms with Crippen molar-refractivity contribution in [2.24, 2.45) is 0 Å². The van der Waals surface area contributed by atoms with Gasteiger partial charge in [0.05, 0.1) is 13.3 Å². The molecular formula is C10H11N. The Balaban J connectivity index is 3.06. The first-order valence-corrected chi connectivity index (χ1v) is 3.69. The third kappa shape index (κ3) is 1.81. The summed E-state index contributed by atoms with van der Waals surface area (Å²) in [5.74, 6) is -1.07. The van der Waals surface area contributed by atoms with Crippen molar-refractivity contribution in [3.8, 4) is 6.07 Å². The van der Waals surface area contributed by atoms with Crippen molar-refractivity contribution in [2.45, 2.75) is 19.2 Å². The number of nitrogens with zero attached hydrogens (tertiary/aromatic N) is 1. The van der Waals surface area contributed by atoms with Gasteiger partial charge in [-0.3, -0.25) is 0 Å². The van der Waals surface area contributed by atoms with Crippen molar-refractivity contribution in [1.82, 2.24) is 0 Å². The molecule has 0 spiro atoms. The van der Waals surface area contributed by atoms with Gasteiger partial charge < -0.3 is 0 Å². The third-order valence-electron chi connectivity index (χ3n) is 1.61. The fourth-order valence-electron chi connectivity index (χ4n) is 0.987. The minimum absolute atomic E-state index is 0.521. The van der Waals surface area contributed by atoms with Crippen molar-refractivity contribution < 1.29 is 1.37 Å². The average molecular weight is 146 g/mol. The molecule has 0 aliphatic rings. The molecule has 0 bridgehead atoms. The average Bonchev–Trinajstić information content (AvgIpc) is 2.18. The summed E-state index contributed by atoms with van der Waals surface area (Å²) in [5, 5.41) is 8.80. The van der Waals surface area contributed by atoms with Crippen LogP contribution in [0.4, 0.5) is 0 Å². The molecule has 11 heavy (non-hydrogen) atoms. The standard InChI is InChI=1S/C10H11N/c1-2-9(8-11)10-6-4-3-5-7-10/h3-7,9H,2H2,1H3/t9-/m1/s1/i9D. The van der Waals surface area contributed by atoms with Gasteiger partial charge in [-0.2, -0.15) is 5.26 Å². The van der Waals surface area contributed by atoms with Crippen molar-refractivity contribution in [2.75, 3.05) is 0 Å². The number of hydrogen-bond acceptors (Lipinski definition) is 1. The van der Waals surface area contributed by atoms with Gasteiger partial charge in [-0.25, -0.2) is 0 Å². The minimum Gasteiger partial charge on any atom is -0.198 e. The molecule has 0 unspecified atom stereocenters. The maximum atomic E-state index is 8.80. The lowest BCUT2D eigenvalue weighted by Crippen LogP contribution is -1.91. The van der Waals surface area contributed by atoms with Gasteiger partial charge in [-0.15, -0.1) is 0 Å². The molecule has 1 aromatic carbocycles. The summed E-state index contributed by atoms with van der Waals surface area (Å²) < 4.78 is 7.80. The Morgan fingerprint density at radius 2 is 2.18 bits per heavy atom. The smallest absolute Gasteiger partial charge is 0.0710 e. The minimum atomic E-state index is -1.07. The fraction of sp³-hybridized carbons (Fsp3) is 0.300. The molecule has 0 amide bonds. The van der Waals surface area contributed by atoms with Crippen molar-refractivity contribution in [3.63, 3.8) is 0 Å². The molecule has 1 nitrogen and oxygen atoms in total. The predicted octanol–water partition coefficient (Wildman–Crippen LogP) is 2.70. The molecular weight excluding hydrogens is 134 g/mol. The first-order chi connectivity index (χ1) is 5.73. The monoisotopic (exact) mass is 146 g/mol. The maximum Gasteiger partial charge on any atom is 0.0710 e. The van der Waals surface area contributed by atoms with E-state index in [2.05, 4.69) is 0 Å². The topological polar surface area (TPSA) is 23.8 Å². The van der Waals surface area contributed by atoms with Gasteiger partial charge in [0, 0.05) is 0 Å². The maximum absolute atomic E-state index is 8.80. The molecule has 0 aromatic heterocycles. The number of nitriles is 1. The van der Waals surface area contributed by atoms with E-state index in [4.69, 9.17) is 6.63 Å². The van der Waals surface area contributed by atoms with Gasteiger partial charge >= 0.3 is 0 Å². The number of benzene rings is 1. The van der Waals surface area contributed by atoms with Crippen LogP contribution in [0.5, 0.6) is 0 Å². The lowest BCUT2D eigenvalue weighted by molar-refractivity contribution is 0.818. The highest BCUT2D eigenvalue weighted by molar-refractivity contribution is 5.24. The van der Waals surface area contributed by atoms with E-state index in [9.17, 15) is 0 Å². The largest absolute Gasteiger partial charge is 0.198 e. The molecule has 0 aliphatic heterocycles. The third-order valence-corrected chi connectivity index (χ3v) is 1.61. The van der Waals surface area contributed by atoms with Gasteiger partial charge in [0.2, 0.25) is 0 Å². The number of rotatable bonds is 2. The van der Waals surface area contributed by atoms with Gasteiger partial charge in [0.25, 0.3) is 0 Å². The molecule has 1 aromatic rings. The van der Waals surface area contributed by atoms with Gasteiger partial charge in [0.1, 0.15) is 0 Å². The van der Waals surface area contributed by atoms with Crippen LogP contribution in [0, 0.1) is 11.3 Å². The van der Waals surface area contributed by atoms with E-state index < -0.39 is 5.89 Å². The highest BCUT2D eigenvalue weighted by Crippen LogP contribution is 2.16. The van der Waals surface area contributed by atoms with Crippen LogP contribution in [-0.2, 0) is 0 Å². The van der Waals surface area contributed by atoms with E-state index in [1.165, 1.54) is 0 Å². The van der Waals surface area contributed by atoms with Gasteiger partial charge in [-0.05, 0) is 12.0 Å². The Labute approximate surface area is 68.7 Å². The molecule has 1 heteroatoms. The second-order valence-corrected chi connectivity index (χ2v) is 2.31. The summed E-state index contributed by atoms with van der Waals surface area (Å²) in [6.45, 7) is 1.85. The zero-order valence-corrected chi connectivity index (χ0v) is 6.54. The summed E-state index contributed by atoms with van der Waals surface area (Å²) in [4.78, 5) is 0. The molecule has 0 saturated heterocycles. The summed E-state index contributed by atoms with van der Waals surface area (Å²) in [7, 11) is 0. The normalized spacial score (nSPS) is 16.2. The molecule has 1 atom stereocenters. The Kier molecular flexibility index (Phi) is 2.20. The first-order valence-electron chi connectivity index (χ1n) is 4.19. The highest BCUT2D eigenvalue weighted by Gasteiger charge is 2.04. The van der Waals surface area contributed by atoms with Crippen LogP contribution in [-0.4, -0.2) is 0 Å². The molecule has 1 rings (SSSR count). The van der Waals surface area contributed by atoms with E-state index in [1.807, 2.05) is 43.3 Å². The van der Waals surface area contributed by atoms with Crippen molar-refractivity contribution in [1.29, 1.82) is 5.26 Å². The van der Waals surface area contributed by atoms with Crippen molar-refractivity contribution in [3.05, 3.63) is 35.9 Å². The van der Waals surface area contributed by atoms with Crippen LogP contribution in [0.15, 0.2) is 30.3 Å². The van der Waals surface area contributed by atoms with Crippen LogP contribution in [0.3, 0.4) is 0 Å². The van der Waals surface area contributed by atoms with Crippen LogP contribution in [0.2, 0.25) is 0 Å². The van der Waals surface area contributed by atoms with Crippen LogP contribution >= 0.6 is 0 Å². The van der Waals surface area contributed by atoms with Gasteiger partial charge in [-0.1, -0.05) is 37.3 Å². The van der Waals surface area contributed by atoms with E-state index in [-0.39, 0.29) is 0 Å². The zero-order valence-electron chi connectivity index (χ0n) is 7.54. The molecule has 0 saturated carbocycles. The predicted molar refractivity (Wildman–Crippen MR) is 45.1 cm³/mol. The zero-order chi connectivity index (χ0) is 9.03. The van der Waals surface area contributed by atoms with Crippen LogP contribution in [0.25, 0.3) is 0 Å². The number of hydrogen-bond donors (Lipinski definition) is 0. The first kappa shape index (κ1) is 6.42. The lowest BCUT2D eigenvalue weighted by atomic mass is 9.99. The summed E-state index contributed by atoms with van der Waals surface area (Å²) in [6, 6.07) is 11.2. The Hall–Kier alpha value is -1.29. The fourth-order valence-corrected chi connectivity index (χ4v) is 0.987. The summed E-state index contributed by atoms with van der Waals surface area (Å²) in [6.07, 6.45) is 0.521. The molecule has 0 heterocycles. The molecule has 0 aliphatic carbocycles. The molecule has 56 valence electrons. The van der Waals surface area contributed by atoms with Gasteiger partial charge in [0.15, 0.2) is 0 Å². The van der Waals surface area contributed by atoms with Crippen LogP contribution < -0.4 is 0 Å². The summed E-state index contributed by atoms with van der Waals surface area (Å²) in [5.41, 5.74) is 0.773. The molecule has 0 radical (unpaired) electrons. The Bertz CT molecular complexity index is 288.